The largest absolute Gasteiger partial charge is 2.00 e. The van der Waals surface area contributed by atoms with Crippen LogP contribution in [0.25, 0.3) is 0 Å². The van der Waals surface area contributed by atoms with Gasteiger partial charge in [-0.25, -0.2) is 0 Å². The minimum Gasteiger partial charge on any atom is -0.755 e. The Kier molecular flexibility index (Phi) is 7.30. The van der Waals surface area contributed by atoms with Crippen LogP contribution in [0.4, 0.5) is 4.79 Å². The predicted molar refractivity (Wildman–Crippen MR) is 6.48 cm³/mol. The number of carbonyl (C=O) groups is 1. The standard InChI is InChI=1S/CH2O4.Mn/c2-1(3)5-4;/h4H,(H,2,3);/q;+2/p-2. The summed E-state index contributed by atoms with van der Waals surface area (Å²) in [7, 11) is 0. The normalized spacial score (nSPS) is 5.50. The fourth-order valence-corrected chi connectivity index (χ4v) is 0. The average molecular weight is 131 g/mol. The summed E-state index contributed by atoms with van der Waals surface area (Å²) in [6.07, 6.45) is -2.05. The van der Waals surface area contributed by atoms with E-state index in [-0.39, 0.29) is 17.1 Å². The van der Waals surface area contributed by atoms with E-state index in [1.165, 1.54) is 0 Å². The van der Waals surface area contributed by atoms with Gasteiger partial charge in [0.15, 0.2) is 0 Å². The van der Waals surface area contributed by atoms with E-state index in [2.05, 4.69) is 4.89 Å². The number of carbonyl (C=O) groups excluding carboxylic acids is 1. The van der Waals surface area contributed by atoms with Crippen molar-refractivity contribution in [2.75, 3.05) is 0 Å². The molecule has 0 bridgehead atoms. The monoisotopic (exact) mass is 131 g/mol. The van der Waals surface area contributed by atoms with Gasteiger partial charge in [-0.15, -0.1) is 0 Å². The van der Waals surface area contributed by atoms with E-state index >= 15 is 0 Å². The first-order chi connectivity index (χ1) is 2.27. The van der Waals surface area contributed by atoms with Gasteiger partial charge in [0.25, 0.3) is 0 Å². The molecule has 0 saturated heterocycles. The molecule has 0 aromatic rings. The Bertz CT molecular complexity index is 42.8. The van der Waals surface area contributed by atoms with Gasteiger partial charge in [0.1, 0.15) is 0 Å². The van der Waals surface area contributed by atoms with Gasteiger partial charge in [0.2, 0.25) is 6.16 Å². The van der Waals surface area contributed by atoms with Crippen molar-refractivity contribution in [1.82, 2.24) is 0 Å². The molecular formula is CMnO4. The first kappa shape index (κ1) is 9.23. The molecule has 6 heavy (non-hydrogen) atoms. The van der Waals surface area contributed by atoms with Crippen LogP contribution in [0.5, 0.6) is 0 Å². The maximum absolute atomic E-state index is 8.72. The van der Waals surface area contributed by atoms with E-state index in [9.17, 15) is 0 Å². The molecule has 0 aliphatic rings. The second kappa shape index (κ2) is 4.75. The number of carboxylic acid groups (broad SMARTS) is 1. The molecule has 0 rings (SSSR count). The van der Waals surface area contributed by atoms with Crippen LogP contribution in [0.1, 0.15) is 0 Å². The van der Waals surface area contributed by atoms with Crippen molar-refractivity contribution in [2.45, 2.75) is 0 Å². The quantitative estimate of drug-likeness (QED) is 0.209. The van der Waals surface area contributed by atoms with Crippen LogP contribution in [-0.2, 0) is 22.0 Å². The summed E-state index contributed by atoms with van der Waals surface area (Å²) in [6, 6.07) is 0. The van der Waals surface area contributed by atoms with Crippen molar-refractivity contribution in [3.8, 4) is 0 Å². The summed E-state index contributed by atoms with van der Waals surface area (Å²) in [5.74, 6) is 0. The maximum atomic E-state index is 8.72. The Morgan fingerprint density at radius 3 is 1.83 bits per heavy atom. The van der Waals surface area contributed by atoms with Gasteiger partial charge in [0.05, 0.1) is 0 Å². The molecule has 0 aliphatic carbocycles. The first-order valence-electron chi connectivity index (χ1n) is 0.779. The zero-order chi connectivity index (χ0) is 4.28. The molecule has 0 unspecified atom stereocenters. The molecule has 0 atom stereocenters. The van der Waals surface area contributed by atoms with Gasteiger partial charge >= 0.3 is 17.1 Å². The Balaban J connectivity index is 0. The fourth-order valence-electron chi connectivity index (χ4n) is 0. The maximum Gasteiger partial charge on any atom is 2.00 e. The van der Waals surface area contributed by atoms with Gasteiger partial charge in [-0.05, 0) is 0 Å². The Hall–Kier alpha value is -0.251. The van der Waals surface area contributed by atoms with E-state index in [1.807, 2.05) is 0 Å². The molecule has 0 heterocycles. The molecule has 0 aromatic heterocycles. The van der Waals surface area contributed by atoms with E-state index in [4.69, 9.17) is 15.2 Å². The van der Waals surface area contributed by atoms with Crippen LogP contribution in [0.3, 0.4) is 0 Å². The van der Waals surface area contributed by atoms with Crippen LogP contribution in [0.15, 0.2) is 0 Å². The van der Waals surface area contributed by atoms with Crippen LogP contribution >= 0.6 is 0 Å². The van der Waals surface area contributed by atoms with Crippen LogP contribution in [-0.4, -0.2) is 6.16 Å². The molecule has 0 aliphatic heterocycles. The molecule has 0 saturated carbocycles. The summed E-state index contributed by atoms with van der Waals surface area (Å²) in [5, 5.41) is 17.2. The van der Waals surface area contributed by atoms with Crippen molar-refractivity contribution >= 4 is 6.16 Å². The van der Waals surface area contributed by atoms with Gasteiger partial charge in [0, 0.05) is 0 Å². The Labute approximate surface area is 44.1 Å². The van der Waals surface area contributed by atoms with E-state index in [0.29, 0.717) is 0 Å². The third-order valence-electron chi connectivity index (χ3n) is 0.0680. The van der Waals surface area contributed by atoms with E-state index in [0.717, 1.165) is 0 Å². The van der Waals surface area contributed by atoms with Crippen molar-refractivity contribution in [3.63, 3.8) is 0 Å². The summed E-state index contributed by atoms with van der Waals surface area (Å²) < 4.78 is 0. The van der Waals surface area contributed by atoms with Gasteiger partial charge < -0.3 is 20.0 Å². The second-order valence-corrected chi connectivity index (χ2v) is 0.333. The topological polar surface area (TPSA) is 72.4 Å². The molecule has 35 valence electrons. The average Bonchev–Trinajstić information content (AvgIpc) is 1.38. The van der Waals surface area contributed by atoms with E-state index < -0.39 is 6.16 Å². The number of hydrogen-bond acceptors (Lipinski definition) is 4. The molecular weight excluding hydrogens is 131 g/mol. The van der Waals surface area contributed by atoms with Gasteiger partial charge in [-0.2, -0.15) is 0 Å². The zero-order valence-electron chi connectivity index (χ0n) is 2.51. The van der Waals surface area contributed by atoms with E-state index in [1.54, 1.807) is 0 Å². The molecule has 0 aromatic carbocycles. The first-order valence-corrected chi connectivity index (χ1v) is 0.779. The molecule has 0 amide bonds. The van der Waals surface area contributed by atoms with Crippen LogP contribution in [0, 0.1) is 0 Å². The molecule has 1 radical (unpaired) electrons. The third kappa shape index (κ3) is 9.26. The summed E-state index contributed by atoms with van der Waals surface area (Å²) in [5.41, 5.74) is 0. The summed E-state index contributed by atoms with van der Waals surface area (Å²) in [6.45, 7) is 0. The molecule has 0 spiro atoms. The van der Waals surface area contributed by atoms with Crippen LogP contribution in [0.2, 0.25) is 0 Å². The van der Waals surface area contributed by atoms with Crippen molar-refractivity contribution in [3.05, 3.63) is 0 Å². The SMILES string of the molecule is O=C([O-])O[O-].[Mn+2]. The third-order valence-corrected chi connectivity index (χ3v) is 0.0680. The molecule has 0 fully saturated rings. The van der Waals surface area contributed by atoms with Gasteiger partial charge in [-0.3, -0.25) is 0 Å². The Morgan fingerprint density at radius 1 is 1.67 bits per heavy atom. The predicted octanol–water partition coefficient (Wildman–Crippen LogP) is -2.38. The van der Waals surface area contributed by atoms with Crippen molar-refractivity contribution in [2.24, 2.45) is 0 Å². The summed E-state index contributed by atoms with van der Waals surface area (Å²) in [4.78, 5) is 11.0. The minimum atomic E-state index is -2.05. The van der Waals surface area contributed by atoms with Crippen LogP contribution < -0.4 is 10.4 Å². The summed E-state index contributed by atoms with van der Waals surface area (Å²) >= 11 is 0. The molecule has 4 nitrogen and oxygen atoms in total. The second-order valence-electron chi connectivity index (χ2n) is 0.333. The number of hydrogen-bond donors (Lipinski definition) is 0. The number of rotatable bonds is 0. The Morgan fingerprint density at radius 2 is 1.83 bits per heavy atom. The minimum absolute atomic E-state index is 0. The fraction of sp³-hybridized carbons (Fsp3) is 0. The zero-order valence-corrected chi connectivity index (χ0v) is 3.69. The smallest absolute Gasteiger partial charge is 0.755 e. The van der Waals surface area contributed by atoms with Crippen molar-refractivity contribution in [1.29, 1.82) is 0 Å². The van der Waals surface area contributed by atoms with Gasteiger partial charge in [-0.1, -0.05) is 0 Å². The van der Waals surface area contributed by atoms with Crippen molar-refractivity contribution < 1.29 is 37.1 Å². The molecule has 0 N–H and O–H groups in total. The molecule has 5 heteroatoms.